The van der Waals surface area contributed by atoms with Crippen LogP contribution in [-0.4, -0.2) is 10.9 Å². The average molecular weight is 361 g/mol. The zero-order valence-electron chi connectivity index (χ0n) is 12.6. The van der Waals surface area contributed by atoms with Crippen molar-refractivity contribution >= 4 is 34.0 Å². The van der Waals surface area contributed by atoms with Crippen LogP contribution >= 0.6 is 22.9 Å². The van der Waals surface area contributed by atoms with Crippen LogP contribution in [0.1, 0.15) is 16.0 Å². The summed E-state index contributed by atoms with van der Waals surface area (Å²) in [5, 5.41) is 3.91. The van der Waals surface area contributed by atoms with E-state index in [1.54, 1.807) is 24.4 Å². The molecular weight excluding hydrogens is 347 g/mol. The molecule has 24 heavy (non-hydrogen) atoms. The molecule has 0 radical (unpaired) electrons. The molecule has 0 spiro atoms. The molecule has 3 aromatic rings. The maximum Gasteiger partial charge on any atom is 0.230 e. The van der Waals surface area contributed by atoms with Gasteiger partial charge in [-0.3, -0.25) is 4.79 Å². The molecule has 0 unspecified atom stereocenters. The van der Waals surface area contributed by atoms with Crippen LogP contribution in [0.2, 0.25) is 5.02 Å². The standard InChI is InChI=1S/C18H14ClFN2OS/c19-15-7-3-1-5-12(15)9-14-11-21-18(24-14)22-17(23)10-13-6-2-4-8-16(13)20/h1-8,11H,9-10H2,(H,21,22,23). The van der Waals surface area contributed by atoms with Gasteiger partial charge in [-0.1, -0.05) is 48.0 Å². The minimum Gasteiger partial charge on any atom is -0.302 e. The molecule has 1 N–H and O–H groups in total. The summed E-state index contributed by atoms with van der Waals surface area (Å²) in [4.78, 5) is 17.2. The minimum absolute atomic E-state index is 0.0217. The van der Waals surface area contributed by atoms with Gasteiger partial charge in [0.15, 0.2) is 5.13 Å². The van der Waals surface area contributed by atoms with E-state index in [0.29, 0.717) is 22.1 Å². The van der Waals surface area contributed by atoms with Gasteiger partial charge in [-0.05, 0) is 23.3 Å². The lowest BCUT2D eigenvalue weighted by atomic mass is 10.1. The summed E-state index contributed by atoms with van der Waals surface area (Å²) in [6, 6.07) is 13.8. The Hall–Kier alpha value is -2.24. The molecule has 122 valence electrons. The zero-order valence-corrected chi connectivity index (χ0v) is 14.2. The number of nitrogens with zero attached hydrogens (tertiary/aromatic N) is 1. The van der Waals surface area contributed by atoms with Crippen molar-refractivity contribution in [3.8, 4) is 0 Å². The highest BCUT2D eigenvalue weighted by atomic mass is 35.5. The molecule has 0 saturated heterocycles. The molecule has 3 rings (SSSR count). The van der Waals surface area contributed by atoms with Gasteiger partial charge in [0.25, 0.3) is 0 Å². The first kappa shape index (κ1) is 16.6. The molecule has 0 aliphatic rings. The molecule has 2 aromatic carbocycles. The quantitative estimate of drug-likeness (QED) is 0.716. The second-order valence-electron chi connectivity index (χ2n) is 5.22. The Morgan fingerprint density at radius 3 is 2.58 bits per heavy atom. The van der Waals surface area contributed by atoms with Crippen molar-refractivity contribution < 1.29 is 9.18 Å². The lowest BCUT2D eigenvalue weighted by molar-refractivity contribution is -0.115. The number of carbonyl (C=O) groups is 1. The molecule has 6 heteroatoms. The molecule has 0 aliphatic heterocycles. The lowest BCUT2D eigenvalue weighted by Crippen LogP contribution is -2.14. The predicted octanol–water partition coefficient (Wildman–Crippen LogP) is 4.71. The number of aromatic nitrogens is 1. The third kappa shape index (κ3) is 4.19. The van der Waals surface area contributed by atoms with Gasteiger partial charge in [0.05, 0.1) is 6.42 Å². The SMILES string of the molecule is O=C(Cc1ccccc1F)Nc1ncc(Cc2ccccc2Cl)s1. The summed E-state index contributed by atoms with van der Waals surface area (Å²) in [6.45, 7) is 0. The molecular formula is C18H14ClFN2OS. The predicted molar refractivity (Wildman–Crippen MR) is 95.1 cm³/mol. The van der Waals surface area contributed by atoms with Crippen molar-refractivity contribution in [2.24, 2.45) is 0 Å². The number of nitrogens with one attached hydrogen (secondary N) is 1. The van der Waals surface area contributed by atoms with Crippen LogP contribution in [0, 0.1) is 5.82 Å². The second-order valence-corrected chi connectivity index (χ2v) is 6.74. The maximum atomic E-state index is 13.6. The largest absolute Gasteiger partial charge is 0.302 e. The van der Waals surface area contributed by atoms with Crippen molar-refractivity contribution in [1.29, 1.82) is 0 Å². The number of rotatable bonds is 5. The number of carbonyl (C=O) groups excluding carboxylic acids is 1. The molecule has 1 aromatic heterocycles. The first-order chi connectivity index (χ1) is 11.6. The normalized spacial score (nSPS) is 10.6. The number of benzene rings is 2. The van der Waals surface area contributed by atoms with E-state index in [-0.39, 0.29) is 18.1 Å². The van der Waals surface area contributed by atoms with Crippen LogP contribution in [0.4, 0.5) is 9.52 Å². The van der Waals surface area contributed by atoms with E-state index in [9.17, 15) is 9.18 Å². The van der Waals surface area contributed by atoms with E-state index in [1.165, 1.54) is 17.4 Å². The zero-order chi connectivity index (χ0) is 16.9. The third-order valence-corrected chi connectivity index (χ3v) is 4.71. The molecule has 0 saturated carbocycles. The van der Waals surface area contributed by atoms with E-state index in [0.717, 1.165) is 10.4 Å². The highest BCUT2D eigenvalue weighted by molar-refractivity contribution is 7.15. The van der Waals surface area contributed by atoms with E-state index < -0.39 is 0 Å². The summed E-state index contributed by atoms with van der Waals surface area (Å²) in [7, 11) is 0. The number of hydrogen-bond donors (Lipinski definition) is 1. The van der Waals surface area contributed by atoms with Crippen LogP contribution in [0.3, 0.4) is 0 Å². The topological polar surface area (TPSA) is 42.0 Å². The summed E-state index contributed by atoms with van der Waals surface area (Å²) in [6.07, 6.45) is 2.35. The Labute approximate surface area is 148 Å². The number of amides is 1. The van der Waals surface area contributed by atoms with E-state index in [2.05, 4.69) is 10.3 Å². The number of halogens is 2. The van der Waals surface area contributed by atoms with Crippen LogP contribution in [0.25, 0.3) is 0 Å². The van der Waals surface area contributed by atoms with Gasteiger partial charge >= 0.3 is 0 Å². The Kier molecular flexibility index (Phi) is 5.23. The number of thiazole rings is 1. The van der Waals surface area contributed by atoms with E-state index in [4.69, 9.17) is 11.6 Å². The van der Waals surface area contributed by atoms with Gasteiger partial charge in [-0.15, -0.1) is 11.3 Å². The first-order valence-electron chi connectivity index (χ1n) is 7.33. The van der Waals surface area contributed by atoms with Crippen LogP contribution in [0.15, 0.2) is 54.7 Å². The average Bonchev–Trinajstić information content (AvgIpc) is 2.99. The van der Waals surface area contributed by atoms with Gasteiger partial charge in [-0.2, -0.15) is 0 Å². The Balaban J connectivity index is 1.63. The maximum absolute atomic E-state index is 13.6. The van der Waals surface area contributed by atoms with Crippen molar-refractivity contribution in [2.45, 2.75) is 12.8 Å². The number of hydrogen-bond acceptors (Lipinski definition) is 3. The van der Waals surface area contributed by atoms with Crippen molar-refractivity contribution in [1.82, 2.24) is 4.98 Å². The van der Waals surface area contributed by atoms with Gasteiger partial charge in [0.1, 0.15) is 5.82 Å². The highest BCUT2D eigenvalue weighted by Gasteiger charge is 2.11. The van der Waals surface area contributed by atoms with Crippen molar-refractivity contribution in [2.75, 3.05) is 5.32 Å². The van der Waals surface area contributed by atoms with Crippen molar-refractivity contribution in [3.05, 3.63) is 81.6 Å². The highest BCUT2D eigenvalue weighted by Crippen LogP contribution is 2.24. The fourth-order valence-corrected chi connectivity index (χ4v) is 3.31. The summed E-state index contributed by atoms with van der Waals surface area (Å²) in [5.41, 5.74) is 1.37. The Morgan fingerprint density at radius 1 is 1.12 bits per heavy atom. The number of anilines is 1. The van der Waals surface area contributed by atoms with Crippen LogP contribution < -0.4 is 5.32 Å². The summed E-state index contributed by atoms with van der Waals surface area (Å²) >= 11 is 7.53. The summed E-state index contributed by atoms with van der Waals surface area (Å²) in [5.74, 6) is -0.676. The third-order valence-electron chi connectivity index (χ3n) is 3.43. The van der Waals surface area contributed by atoms with E-state index in [1.807, 2.05) is 24.3 Å². The van der Waals surface area contributed by atoms with Gasteiger partial charge in [-0.25, -0.2) is 9.37 Å². The fourth-order valence-electron chi connectivity index (χ4n) is 2.25. The Morgan fingerprint density at radius 2 is 1.83 bits per heavy atom. The van der Waals surface area contributed by atoms with Gasteiger partial charge < -0.3 is 5.32 Å². The van der Waals surface area contributed by atoms with Crippen LogP contribution in [-0.2, 0) is 17.6 Å². The molecule has 0 bridgehead atoms. The van der Waals surface area contributed by atoms with E-state index >= 15 is 0 Å². The second kappa shape index (κ2) is 7.55. The smallest absolute Gasteiger partial charge is 0.230 e. The lowest BCUT2D eigenvalue weighted by Gasteiger charge is -2.03. The fraction of sp³-hybridized carbons (Fsp3) is 0.111. The van der Waals surface area contributed by atoms with Gasteiger partial charge in [0, 0.05) is 22.5 Å². The molecule has 3 nitrogen and oxygen atoms in total. The minimum atomic E-state index is -0.383. The molecule has 0 aliphatic carbocycles. The molecule has 1 amide bonds. The first-order valence-corrected chi connectivity index (χ1v) is 8.52. The molecule has 1 heterocycles. The Bertz CT molecular complexity index is 865. The monoisotopic (exact) mass is 360 g/mol. The van der Waals surface area contributed by atoms with Crippen LogP contribution in [0.5, 0.6) is 0 Å². The van der Waals surface area contributed by atoms with Gasteiger partial charge in [0.2, 0.25) is 5.91 Å². The summed E-state index contributed by atoms with van der Waals surface area (Å²) < 4.78 is 13.6. The van der Waals surface area contributed by atoms with Crippen molar-refractivity contribution in [3.63, 3.8) is 0 Å². The molecule has 0 atom stereocenters. The molecule has 0 fully saturated rings.